The fraction of sp³-hybridized carbons (Fsp3) is 0.375. The molecule has 0 saturated heterocycles. The third-order valence-electron chi connectivity index (χ3n) is 1.50. The van der Waals surface area contributed by atoms with Gasteiger partial charge in [-0.3, -0.25) is 4.98 Å². The minimum Gasteiger partial charge on any atom is -0.495 e. The normalized spacial score (nSPS) is 11.6. The van der Waals surface area contributed by atoms with Crippen LogP contribution in [0.25, 0.3) is 0 Å². The van der Waals surface area contributed by atoms with Gasteiger partial charge in [-0.25, -0.2) is 0 Å². The minimum atomic E-state index is 0. The number of halogens is 1. The van der Waals surface area contributed by atoms with Crippen LogP contribution in [-0.2, 0) is 0 Å². The number of nitrogens with two attached hydrogens (primary N) is 1. The topological polar surface area (TPSA) is 48.1 Å². The van der Waals surface area contributed by atoms with Crippen molar-refractivity contribution in [3.05, 3.63) is 24.0 Å². The summed E-state index contributed by atoms with van der Waals surface area (Å²) in [6, 6.07) is 1.90. The maximum atomic E-state index is 5.64. The first-order valence-electron chi connectivity index (χ1n) is 3.48. The van der Waals surface area contributed by atoms with Crippen LogP contribution in [0.1, 0.15) is 18.5 Å². The monoisotopic (exact) mass is 188 g/mol. The fourth-order valence-electron chi connectivity index (χ4n) is 0.796. The molecule has 0 aliphatic rings. The van der Waals surface area contributed by atoms with Crippen LogP contribution >= 0.6 is 12.4 Å². The van der Waals surface area contributed by atoms with Crippen LogP contribution in [-0.4, -0.2) is 12.1 Å². The number of ether oxygens (including phenoxy) is 1. The summed E-state index contributed by atoms with van der Waals surface area (Å²) in [5.41, 5.74) is 6.63. The van der Waals surface area contributed by atoms with Crippen molar-refractivity contribution < 1.29 is 4.74 Å². The molecule has 0 fully saturated rings. The van der Waals surface area contributed by atoms with Gasteiger partial charge in [0.15, 0.2) is 0 Å². The van der Waals surface area contributed by atoms with Gasteiger partial charge in [-0.05, 0) is 18.6 Å². The van der Waals surface area contributed by atoms with Gasteiger partial charge in [0.05, 0.1) is 13.3 Å². The number of pyridine rings is 1. The molecule has 0 radical (unpaired) electrons. The molecule has 0 bridgehead atoms. The van der Waals surface area contributed by atoms with Gasteiger partial charge in [-0.1, -0.05) is 0 Å². The largest absolute Gasteiger partial charge is 0.495 e. The highest BCUT2D eigenvalue weighted by Crippen LogP contribution is 2.14. The lowest BCUT2D eigenvalue weighted by molar-refractivity contribution is 0.412. The van der Waals surface area contributed by atoms with Gasteiger partial charge in [-0.15, -0.1) is 12.4 Å². The molecule has 1 aromatic heterocycles. The predicted octanol–water partition coefficient (Wildman–Crippen LogP) is 1.53. The van der Waals surface area contributed by atoms with E-state index in [4.69, 9.17) is 10.5 Å². The van der Waals surface area contributed by atoms with Crippen molar-refractivity contribution in [1.82, 2.24) is 4.98 Å². The first-order valence-corrected chi connectivity index (χ1v) is 3.48. The molecule has 0 aliphatic carbocycles. The van der Waals surface area contributed by atoms with E-state index in [9.17, 15) is 0 Å². The highest BCUT2D eigenvalue weighted by molar-refractivity contribution is 5.85. The molecule has 3 nitrogen and oxygen atoms in total. The molecule has 68 valence electrons. The Morgan fingerprint density at radius 2 is 2.17 bits per heavy atom. The Hall–Kier alpha value is -0.800. The van der Waals surface area contributed by atoms with Crippen LogP contribution in [0.3, 0.4) is 0 Å². The molecular weight excluding hydrogens is 176 g/mol. The average Bonchev–Trinajstić information content (AvgIpc) is 2.05. The van der Waals surface area contributed by atoms with Crippen molar-refractivity contribution in [3.63, 3.8) is 0 Å². The Balaban J connectivity index is 0.00000121. The number of rotatable bonds is 2. The lowest BCUT2D eigenvalue weighted by Crippen LogP contribution is -2.05. The van der Waals surface area contributed by atoms with Crippen LogP contribution in [0, 0.1) is 0 Å². The van der Waals surface area contributed by atoms with Crippen LogP contribution in [0.5, 0.6) is 5.75 Å². The zero-order valence-electron chi connectivity index (χ0n) is 7.15. The van der Waals surface area contributed by atoms with Crippen LogP contribution in [0.4, 0.5) is 0 Å². The Morgan fingerprint density at radius 3 is 2.67 bits per heavy atom. The van der Waals surface area contributed by atoms with Crippen molar-refractivity contribution >= 4 is 12.4 Å². The molecule has 0 aliphatic heterocycles. The lowest BCUT2D eigenvalue weighted by atomic mass is 10.1. The zero-order valence-corrected chi connectivity index (χ0v) is 7.97. The van der Waals surface area contributed by atoms with E-state index in [0.29, 0.717) is 0 Å². The molecule has 0 aromatic carbocycles. The lowest BCUT2D eigenvalue weighted by Gasteiger charge is -2.05. The van der Waals surface area contributed by atoms with Gasteiger partial charge in [-0.2, -0.15) is 0 Å². The highest BCUT2D eigenvalue weighted by Gasteiger charge is 2.00. The zero-order chi connectivity index (χ0) is 8.27. The molecule has 4 heteroatoms. The molecule has 0 spiro atoms. The molecule has 0 saturated carbocycles. The Labute approximate surface area is 78.4 Å². The highest BCUT2D eigenvalue weighted by atomic mass is 35.5. The maximum absolute atomic E-state index is 5.64. The van der Waals surface area contributed by atoms with Gasteiger partial charge >= 0.3 is 0 Å². The second kappa shape index (κ2) is 4.95. The van der Waals surface area contributed by atoms with E-state index in [1.165, 1.54) is 0 Å². The van der Waals surface area contributed by atoms with E-state index < -0.39 is 0 Å². The quantitative estimate of drug-likeness (QED) is 0.766. The molecule has 1 rings (SSSR count). The van der Waals surface area contributed by atoms with Gasteiger partial charge in [0, 0.05) is 12.2 Å². The van der Waals surface area contributed by atoms with Crippen molar-refractivity contribution in [3.8, 4) is 5.75 Å². The van der Waals surface area contributed by atoms with Crippen LogP contribution in [0.2, 0.25) is 0 Å². The SMILES string of the molecule is COc1cncc([C@H](C)N)c1.Cl. The Morgan fingerprint density at radius 1 is 1.50 bits per heavy atom. The third-order valence-corrected chi connectivity index (χ3v) is 1.50. The molecule has 2 N–H and O–H groups in total. The van der Waals surface area contributed by atoms with Crippen LogP contribution in [0.15, 0.2) is 18.5 Å². The summed E-state index contributed by atoms with van der Waals surface area (Å²) >= 11 is 0. The number of hydrogen-bond acceptors (Lipinski definition) is 3. The summed E-state index contributed by atoms with van der Waals surface area (Å²) in [7, 11) is 1.61. The average molecular weight is 189 g/mol. The molecule has 1 aromatic rings. The van der Waals surface area contributed by atoms with E-state index in [1.807, 2.05) is 13.0 Å². The van der Waals surface area contributed by atoms with E-state index in [0.717, 1.165) is 11.3 Å². The summed E-state index contributed by atoms with van der Waals surface area (Å²) in [5.74, 6) is 0.750. The first kappa shape index (κ1) is 11.2. The Bertz CT molecular complexity index is 240. The van der Waals surface area contributed by atoms with Crippen molar-refractivity contribution in [2.24, 2.45) is 5.73 Å². The van der Waals surface area contributed by atoms with Gasteiger partial charge in [0.25, 0.3) is 0 Å². The molecule has 1 heterocycles. The minimum absolute atomic E-state index is 0. The number of aromatic nitrogens is 1. The third kappa shape index (κ3) is 2.68. The van der Waals surface area contributed by atoms with E-state index in [2.05, 4.69) is 4.98 Å². The van der Waals surface area contributed by atoms with Crippen molar-refractivity contribution in [2.75, 3.05) is 7.11 Å². The molecule has 12 heavy (non-hydrogen) atoms. The summed E-state index contributed by atoms with van der Waals surface area (Å²) in [5, 5.41) is 0. The van der Waals surface area contributed by atoms with E-state index in [-0.39, 0.29) is 18.4 Å². The molecule has 0 amide bonds. The standard InChI is InChI=1S/C8H12N2O.ClH/c1-6(9)7-3-8(11-2)5-10-4-7;/h3-6H,9H2,1-2H3;1H/t6-;/m0./s1. The Kier molecular flexibility index (Phi) is 4.62. The summed E-state index contributed by atoms with van der Waals surface area (Å²) in [6.07, 6.45) is 3.40. The van der Waals surface area contributed by atoms with Gasteiger partial charge in [0.2, 0.25) is 0 Å². The fourth-order valence-corrected chi connectivity index (χ4v) is 0.796. The summed E-state index contributed by atoms with van der Waals surface area (Å²) in [6.45, 7) is 1.91. The predicted molar refractivity (Wildman–Crippen MR) is 50.6 cm³/mol. The first-order chi connectivity index (χ1) is 5.24. The number of methoxy groups -OCH3 is 1. The smallest absolute Gasteiger partial charge is 0.137 e. The second-order valence-corrected chi connectivity index (χ2v) is 2.45. The van der Waals surface area contributed by atoms with Gasteiger partial charge < -0.3 is 10.5 Å². The van der Waals surface area contributed by atoms with Crippen LogP contribution < -0.4 is 10.5 Å². The van der Waals surface area contributed by atoms with Crippen molar-refractivity contribution in [2.45, 2.75) is 13.0 Å². The molecular formula is C8H13ClN2O. The van der Waals surface area contributed by atoms with E-state index in [1.54, 1.807) is 19.5 Å². The summed E-state index contributed by atoms with van der Waals surface area (Å²) < 4.78 is 4.99. The molecule has 0 unspecified atom stereocenters. The number of nitrogens with zero attached hydrogens (tertiary/aromatic N) is 1. The van der Waals surface area contributed by atoms with Crippen molar-refractivity contribution in [1.29, 1.82) is 0 Å². The number of hydrogen-bond donors (Lipinski definition) is 1. The maximum Gasteiger partial charge on any atom is 0.137 e. The molecule has 1 atom stereocenters. The summed E-state index contributed by atoms with van der Waals surface area (Å²) in [4.78, 5) is 3.97. The van der Waals surface area contributed by atoms with Gasteiger partial charge in [0.1, 0.15) is 5.75 Å². The second-order valence-electron chi connectivity index (χ2n) is 2.45. The van der Waals surface area contributed by atoms with E-state index >= 15 is 0 Å².